The van der Waals surface area contributed by atoms with Crippen molar-refractivity contribution in [2.24, 2.45) is 63.1 Å². The normalized spacial score (nSPS) is 37.9. The number of halogens is 2. The molecule has 5 fully saturated rings. The monoisotopic (exact) mass is 898 g/mol. The molecule has 5 aliphatic carbocycles. The summed E-state index contributed by atoms with van der Waals surface area (Å²) in [6.45, 7) is 23.0. The number of nitrogens with zero attached hydrogens (tertiary/aromatic N) is 2. The van der Waals surface area contributed by atoms with Crippen LogP contribution < -0.4 is 38.5 Å². The maximum Gasteiger partial charge on any atom is 0.306 e. The molecule has 8 heteroatoms. The number of esters is 2. The zero-order valence-electron chi connectivity index (χ0n) is 35.5. The number of aryl methyl sites for hydroxylation is 1. The summed E-state index contributed by atoms with van der Waals surface area (Å²) in [6.07, 6.45) is 25.0. The lowest BCUT2D eigenvalue weighted by atomic mass is 9.32. The fraction of sp³-hybridized carbons (Fsp3) is 0.750. The second-order valence-electron chi connectivity index (χ2n) is 20.1. The molecule has 11 atom stereocenters. The Morgan fingerprint density at radius 2 is 1.55 bits per heavy atom. The van der Waals surface area contributed by atoms with E-state index in [1.165, 1.54) is 44.1 Å². The molecule has 5 saturated carbocycles. The van der Waals surface area contributed by atoms with Gasteiger partial charge in [0.05, 0.1) is 19.4 Å². The second kappa shape index (κ2) is 18.2. The van der Waals surface area contributed by atoms with E-state index < -0.39 is 0 Å². The molecule has 0 aromatic carbocycles. The molecule has 2 heterocycles. The van der Waals surface area contributed by atoms with E-state index in [0.29, 0.717) is 60.9 Å². The molecule has 312 valence electrons. The number of fused-ring (bicyclic) bond motifs is 7. The Kier molecular flexibility index (Phi) is 14.7. The lowest BCUT2D eigenvalue weighted by Gasteiger charge is -2.72. The van der Waals surface area contributed by atoms with E-state index in [1.54, 1.807) is 0 Å². The summed E-state index contributed by atoms with van der Waals surface area (Å²) in [5, 5.41) is 0. The number of rotatable bonds is 12. The molecule has 0 radical (unpaired) electrons. The van der Waals surface area contributed by atoms with Gasteiger partial charge < -0.3 is 43.4 Å². The number of hydrogen-bond acceptors (Lipinski definition) is 4. The molecule has 56 heavy (non-hydrogen) atoms. The van der Waals surface area contributed by atoms with Crippen LogP contribution in [0.1, 0.15) is 131 Å². The molecule has 6 aliphatic rings. The molecular weight excluding hydrogens is 828 g/mol. The summed E-state index contributed by atoms with van der Waals surface area (Å²) in [6, 6.07) is 6.10. The summed E-state index contributed by atoms with van der Waals surface area (Å²) >= 11 is 0. The third-order valence-corrected chi connectivity index (χ3v) is 17.2. The fourth-order valence-electron chi connectivity index (χ4n) is 14.5. The summed E-state index contributed by atoms with van der Waals surface area (Å²) < 4.78 is 17.1. The van der Waals surface area contributed by atoms with Gasteiger partial charge >= 0.3 is 11.9 Å². The summed E-state index contributed by atoms with van der Waals surface area (Å²) in [5.74, 6) is 4.03. The summed E-state index contributed by atoms with van der Waals surface area (Å²) in [7, 11) is 0. The number of pyridine rings is 1. The Bertz CT molecular complexity index is 1610. The summed E-state index contributed by atoms with van der Waals surface area (Å²) in [5.41, 5.74) is 1.91. The van der Waals surface area contributed by atoms with E-state index >= 15 is 0 Å². The predicted molar refractivity (Wildman–Crippen MR) is 215 cm³/mol. The molecule has 0 bridgehead atoms. The van der Waals surface area contributed by atoms with E-state index in [-0.39, 0.29) is 73.7 Å². The molecule has 5 unspecified atom stereocenters. The minimum absolute atomic E-state index is 0. The van der Waals surface area contributed by atoms with Crippen LogP contribution in [0.3, 0.4) is 0 Å². The summed E-state index contributed by atoms with van der Waals surface area (Å²) in [4.78, 5) is 26.4. The minimum atomic E-state index is -0.0584. The van der Waals surface area contributed by atoms with Crippen LogP contribution >= 0.6 is 0 Å². The smallest absolute Gasteiger partial charge is 0.306 e. The van der Waals surface area contributed by atoms with Crippen LogP contribution in [0.2, 0.25) is 0 Å². The van der Waals surface area contributed by atoms with Crippen molar-refractivity contribution in [2.45, 2.75) is 144 Å². The highest BCUT2D eigenvalue weighted by molar-refractivity contribution is 5.70. The standard InChI is InChI=1S/C48H72N2O4.2BrH/c1-34(2)36-18-19-37-35(33-53-42(51)16-14-30-49-26-10-8-11-27-49)32-48(7)38(44(36)37)20-21-40-46(5)24-23-41(45(3,4)39(46)22-25-47(40,48)6)54-43(52)17-15-31-50-28-12-9-13-29-50;;/h8-12,26-28,35-41,44H,1,13-25,29-33H2,2-7H3;2*1H/q+2;;/p-2/t35-,36+,37?,38?,39?,40?,41+,44?,46+,47-,48-;;/m1../s1. The van der Waals surface area contributed by atoms with E-state index in [4.69, 9.17) is 9.47 Å². The van der Waals surface area contributed by atoms with E-state index in [0.717, 1.165) is 58.2 Å². The molecule has 0 spiro atoms. The highest BCUT2D eigenvalue weighted by Gasteiger charge is 2.70. The largest absolute Gasteiger partial charge is 1.00 e. The van der Waals surface area contributed by atoms with Crippen LogP contribution in [0.25, 0.3) is 0 Å². The average molecular weight is 901 g/mol. The first-order valence-electron chi connectivity index (χ1n) is 22.0. The van der Waals surface area contributed by atoms with Gasteiger partial charge in [0.15, 0.2) is 18.6 Å². The van der Waals surface area contributed by atoms with Crippen molar-refractivity contribution in [2.75, 3.05) is 19.7 Å². The number of allylic oxidation sites excluding steroid dienone is 2. The quantitative estimate of drug-likeness (QED) is 0.183. The zero-order valence-corrected chi connectivity index (χ0v) is 38.6. The van der Waals surface area contributed by atoms with Gasteiger partial charge in [0.2, 0.25) is 0 Å². The molecule has 0 amide bonds. The van der Waals surface area contributed by atoms with E-state index in [2.05, 4.69) is 88.0 Å². The Hall–Kier alpha value is -1.80. The van der Waals surface area contributed by atoms with Gasteiger partial charge in [0.1, 0.15) is 25.7 Å². The Morgan fingerprint density at radius 3 is 2.27 bits per heavy atom. The molecule has 1 aromatic rings. The lowest BCUT2D eigenvalue weighted by molar-refractivity contribution is -0.697. The molecule has 0 N–H and O–H groups in total. The fourth-order valence-corrected chi connectivity index (χ4v) is 14.5. The molecule has 1 aliphatic heterocycles. The van der Waals surface area contributed by atoms with Gasteiger partial charge in [-0.15, -0.1) is 0 Å². The SMILES string of the molecule is C=C(C)[C@@H]1CCC2C1C1CCC3[C@@]4(C)CC[C@H](OC(=O)CCC[N+]5=CC=CCC5)C(C)(C)C4CC[C@@]3(C)[C@]1(C)C[C@@H]2COC(=O)CCC[n+]1ccccc1.[Br-].[Br-]. The van der Waals surface area contributed by atoms with Crippen molar-refractivity contribution in [1.29, 1.82) is 0 Å². The predicted octanol–water partition coefficient (Wildman–Crippen LogP) is 3.55. The van der Waals surface area contributed by atoms with E-state index in [9.17, 15) is 9.59 Å². The molecule has 7 rings (SSSR count). The van der Waals surface area contributed by atoms with Crippen LogP contribution in [0.4, 0.5) is 0 Å². The Balaban J connectivity index is 0.00000300. The number of hydrogen-bond donors (Lipinski definition) is 0. The van der Waals surface area contributed by atoms with Gasteiger partial charge in [0.25, 0.3) is 0 Å². The number of carbonyl (C=O) groups is 2. The zero-order chi connectivity index (χ0) is 38.3. The number of aromatic nitrogens is 1. The average Bonchev–Trinajstić information content (AvgIpc) is 3.59. The van der Waals surface area contributed by atoms with Crippen molar-refractivity contribution in [1.82, 2.24) is 0 Å². The van der Waals surface area contributed by atoms with Crippen molar-refractivity contribution in [3.05, 3.63) is 54.9 Å². The van der Waals surface area contributed by atoms with Crippen LogP contribution in [-0.4, -0.2) is 48.5 Å². The van der Waals surface area contributed by atoms with Crippen LogP contribution in [0, 0.1) is 63.1 Å². The van der Waals surface area contributed by atoms with Gasteiger partial charge in [-0.05, 0) is 128 Å². The topological polar surface area (TPSA) is 59.5 Å². The number of carbonyl (C=O) groups excluding carboxylic acids is 2. The van der Waals surface area contributed by atoms with Gasteiger partial charge in [-0.25, -0.2) is 9.14 Å². The molecule has 6 nitrogen and oxygen atoms in total. The van der Waals surface area contributed by atoms with Gasteiger partial charge in [-0.3, -0.25) is 9.59 Å². The Labute approximate surface area is 360 Å². The molecule has 0 saturated heterocycles. The van der Waals surface area contributed by atoms with Gasteiger partial charge in [-0.2, -0.15) is 0 Å². The third kappa shape index (κ3) is 8.46. The first-order chi connectivity index (χ1) is 25.8. The second-order valence-corrected chi connectivity index (χ2v) is 20.1. The van der Waals surface area contributed by atoms with Crippen molar-refractivity contribution >= 4 is 18.2 Å². The third-order valence-electron chi connectivity index (χ3n) is 17.2. The highest BCUT2D eigenvalue weighted by Crippen LogP contribution is 2.76. The van der Waals surface area contributed by atoms with Crippen LogP contribution in [0.15, 0.2) is 54.9 Å². The molecule has 1 aromatic heterocycles. The highest BCUT2D eigenvalue weighted by atomic mass is 79.9. The first-order valence-corrected chi connectivity index (χ1v) is 22.0. The maximum atomic E-state index is 13.3. The van der Waals surface area contributed by atoms with Crippen LogP contribution in [0.5, 0.6) is 0 Å². The van der Waals surface area contributed by atoms with Gasteiger partial charge in [-0.1, -0.05) is 58.9 Å². The maximum absolute atomic E-state index is 13.3. The van der Waals surface area contributed by atoms with Crippen molar-refractivity contribution in [3.8, 4) is 0 Å². The van der Waals surface area contributed by atoms with E-state index in [1.807, 2.05) is 18.2 Å². The van der Waals surface area contributed by atoms with Crippen LogP contribution in [-0.2, 0) is 25.6 Å². The van der Waals surface area contributed by atoms with Gasteiger partial charge in [0, 0.05) is 36.8 Å². The lowest BCUT2D eigenvalue weighted by Crippen LogP contribution is -3.00. The minimum Gasteiger partial charge on any atom is -1.00 e. The number of ether oxygens (including phenoxy) is 2. The van der Waals surface area contributed by atoms with Crippen molar-refractivity contribution < 1.29 is 62.2 Å². The van der Waals surface area contributed by atoms with Crippen molar-refractivity contribution in [3.63, 3.8) is 0 Å². The Morgan fingerprint density at radius 1 is 0.821 bits per heavy atom. The molecular formula is C48H72Br2N2O4. The first kappa shape index (κ1) is 45.3.